The SMILES string of the molecule is CN1C=C[N+](C)(CI)C1. The van der Waals surface area contributed by atoms with Crippen LogP contribution in [0.15, 0.2) is 12.4 Å². The number of halogens is 1. The molecule has 1 unspecified atom stereocenters. The molecule has 0 aromatic carbocycles. The highest BCUT2D eigenvalue weighted by Gasteiger charge is 2.22. The van der Waals surface area contributed by atoms with Gasteiger partial charge in [-0.3, -0.25) is 4.48 Å². The first kappa shape index (κ1) is 7.34. The predicted molar refractivity (Wildman–Crippen MR) is 46.8 cm³/mol. The number of hydrogen-bond acceptors (Lipinski definition) is 1. The van der Waals surface area contributed by atoms with Crippen molar-refractivity contribution in [2.45, 2.75) is 0 Å². The monoisotopic (exact) mass is 239 g/mol. The van der Waals surface area contributed by atoms with Crippen molar-refractivity contribution in [3.63, 3.8) is 0 Å². The van der Waals surface area contributed by atoms with Gasteiger partial charge in [0.25, 0.3) is 0 Å². The minimum absolute atomic E-state index is 1.04. The summed E-state index contributed by atoms with van der Waals surface area (Å²) in [5.74, 6) is 0. The van der Waals surface area contributed by atoms with Crippen molar-refractivity contribution in [1.29, 1.82) is 0 Å². The van der Waals surface area contributed by atoms with E-state index in [4.69, 9.17) is 0 Å². The quantitative estimate of drug-likeness (QED) is 0.287. The smallest absolute Gasteiger partial charge is 0.158 e. The van der Waals surface area contributed by atoms with E-state index in [1.807, 2.05) is 0 Å². The largest absolute Gasteiger partial charge is 0.329 e. The number of quaternary nitrogens is 1. The molecule has 2 nitrogen and oxygen atoms in total. The van der Waals surface area contributed by atoms with Crippen LogP contribution in [-0.4, -0.2) is 34.7 Å². The molecule has 52 valence electrons. The van der Waals surface area contributed by atoms with E-state index < -0.39 is 0 Å². The number of rotatable bonds is 1. The van der Waals surface area contributed by atoms with Gasteiger partial charge in [-0.2, -0.15) is 0 Å². The third-order valence-corrected chi connectivity index (χ3v) is 3.06. The molecular formula is C6H12IN2+. The third-order valence-electron chi connectivity index (χ3n) is 1.50. The maximum atomic E-state index is 2.41. The average molecular weight is 239 g/mol. The zero-order valence-electron chi connectivity index (χ0n) is 5.84. The molecule has 0 bridgehead atoms. The Balaban J connectivity index is 2.57. The van der Waals surface area contributed by atoms with Crippen molar-refractivity contribution in [3.8, 4) is 0 Å². The van der Waals surface area contributed by atoms with E-state index in [0.29, 0.717) is 0 Å². The Morgan fingerprint density at radius 1 is 1.78 bits per heavy atom. The molecule has 0 spiro atoms. The summed E-state index contributed by atoms with van der Waals surface area (Å²) in [7, 11) is 4.33. The molecule has 0 aliphatic carbocycles. The Morgan fingerprint density at radius 3 is 2.67 bits per heavy atom. The van der Waals surface area contributed by atoms with Crippen molar-refractivity contribution in [2.24, 2.45) is 0 Å². The zero-order chi connectivity index (χ0) is 6.91. The standard InChI is InChI=1S/C6H12IN2/c1-8-3-4-9(2,5-7)6-8/h3-4H,5-6H2,1-2H3/q+1. The Bertz CT molecular complexity index is 135. The van der Waals surface area contributed by atoms with Crippen LogP contribution in [0.5, 0.6) is 0 Å². The number of nitrogens with zero attached hydrogens (tertiary/aromatic N) is 2. The van der Waals surface area contributed by atoms with E-state index in [1.165, 1.54) is 0 Å². The molecule has 3 heteroatoms. The van der Waals surface area contributed by atoms with Gasteiger partial charge in [0.15, 0.2) is 6.67 Å². The molecule has 1 heterocycles. The minimum Gasteiger partial charge on any atom is -0.329 e. The lowest BCUT2D eigenvalue weighted by Crippen LogP contribution is -2.38. The van der Waals surface area contributed by atoms with Crippen LogP contribution in [0.25, 0.3) is 0 Å². The van der Waals surface area contributed by atoms with Crippen LogP contribution in [0.3, 0.4) is 0 Å². The lowest BCUT2D eigenvalue weighted by Gasteiger charge is -2.24. The Hall–Kier alpha value is 0.230. The van der Waals surface area contributed by atoms with E-state index in [-0.39, 0.29) is 0 Å². The lowest BCUT2D eigenvalue weighted by atomic mass is 10.7. The van der Waals surface area contributed by atoms with Gasteiger partial charge in [0, 0.05) is 7.05 Å². The molecule has 0 amide bonds. The molecule has 0 aromatic rings. The predicted octanol–water partition coefficient (Wildman–Crippen LogP) is 1.20. The molecule has 1 rings (SSSR count). The van der Waals surface area contributed by atoms with Crippen LogP contribution in [-0.2, 0) is 0 Å². The summed E-state index contributed by atoms with van der Waals surface area (Å²) in [4.78, 5) is 2.21. The summed E-state index contributed by atoms with van der Waals surface area (Å²) in [6.45, 7) is 1.11. The van der Waals surface area contributed by atoms with E-state index in [0.717, 1.165) is 15.7 Å². The summed E-state index contributed by atoms with van der Waals surface area (Å²) in [5, 5.41) is 0. The fraction of sp³-hybridized carbons (Fsp3) is 0.667. The topological polar surface area (TPSA) is 3.24 Å². The second kappa shape index (κ2) is 2.46. The Labute approximate surface area is 69.9 Å². The van der Waals surface area contributed by atoms with Crippen molar-refractivity contribution in [3.05, 3.63) is 12.4 Å². The van der Waals surface area contributed by atoms with Crippen molar-refractivity contribution in [2.75, 3.05) is 25.3 Å². The van der Waals surface area contributed by atoms with E-state index >= 15 is 0 Å². The van der Waals surface area contributed by atoms with Crippen LogP contribution in [0.4, 0.5) is 0 Å². The lowest BCUT2D eigenvalue weighted by molar-refractivity contribution is -0.844. The second-order valence-electron chi connectivity index (χ2n) is 2.80. The first-order valence-corrected chi connectivity index (χ1v) is 4.49. The molecule has 0 saturated heterocycles. The van der Waals surface area contributed by atoms with Gasteiger partial charge in [0.1, 0.15) is 10.8 Å². The van der Waals surface area contributed by atoms with E-state index in [1.54, 1.807) is 0 Å². The summed E-state index contributed by atoms with van der Waals surface area (Å²) < 4.78 is 2.19. The molecule has 0 N–H and O–H groups in total. The normalized spacial score (nSPS) is 33.9. The summed E-state index contributed by atoms with van der Waals surface area (Å²) >= 11 is 2.41. The number of hydrogen-bond donors (Lipinski definition) is 0. The van der Waals surface area contributed by atoms with Gasteiger partial charge in [0.05, 0.1) is 13.2 Å². The maximum absolute atomic E-state index is 2.41. The summed E-state index contributed by atoms with van der Waals surface area (Å²) in [6, 6.07) is 0. The average Bonchev–Trinajstić information content (AvgIpc) is 2.13. The highest BCUT2D eigenvalue weighted by molar-refractivity contribution is 14.1. The van der Waals surface area contributed by atoms with Crippen molar-refractivity contribution in [1.82, 2.24) is 4.90 Å². The van der Waals surface area contributed by atoms with Gasteiger partial charge >= 0.3 is 0 Å². The highest BCUT2D eigenvalue weighted by Crippen LogP contribution is 2.14. The van der Waals surface area contributed by atoms with Gasteiger partial charge < -0.3 is 4.90 Å². The van der Waals surface area contributed by atoms with Gasteiger partial charge in [-0.25, -0.2) is 0 Å². The van der Waals surface area contributed by atoms with E-state index in [9.17, 15) is 0 Å². The molecule has 0 aromatic heterocycles. The molecule has 1 atom stereocenters. The fourth-order valence-corrected chi connectivity index (χ4v) is 1.40. The molecular weight excluding hydrogens is 227 g/mol. The van der Waals surface area contributed by atoms with Crippen LogP contribution in [0, 0.1) is 0 Å². The Kier molecular flexibility index (Phi) is 2.00. The third kappa shape index (κ3) is 1.58. The molecule has 9 heavy (non-hydrogen) atoms. The molecule has 0 saturated carbocycles. The molecule has 1 aliphatic heterocycles. The van der Waals surface area contributed by atoms with Gasteiger partial charge in [0.2, 0.25) is 0 Å². The van der Waals surface area contributed by atoms with Gasteiger partial charge in [-0.15, -0.1) is 0 Å². The first-order chi connectivity index (χ1) is 4.16. The molecule has 1 aliphatic rings. The zero-order valence-corrected chi connectivity index (χ0v) is 8.00. The minimum atomic E-state index is 1.04. The maximum Gasteiger partial charge on any atom is 0.158 e. The second-order valence-corrected chi connectivity index (χ2v) is 3.48. The van der Waals surface area contributed by atoms with Crippen LogP contribution in [0.1, 0.15) is 0 Å². The van der Waals surface area contributed by atoms with Crippen LogP contribution >= 0.6 is 22.6 Å². The van der Waals surface area contributed by atoms with E-state index in [2.05, 4.69) is 54.0 Å². The fourth-order valence-electron chi connectivity index (χ4n) is 0.956. The van der Waals surface area contributed by atoms with Gasteiger partial charge in [-0.1, -0.05) is 0 Å². The van der Waals surface area contributed by atoms with Gasteiger partial charge in [-0.05, 0) is 22.6 Å². The Morgan fingerprint density at radius 2 is 2.44 bits per heavy atom. The molecule has 0 radical (unpaired) electrons. The van der Waals surface area contributed by atoms with Crippen molar-refractivity contribution >= 4 is 22.6 Å². The highest BCUT2D eigenvalue weighted by atomic mass is 127. The van der Waals surface area contributed by atoms with Crippen LogP contribution in [0.2, 0.25) is 0 Å². The van der Waals surface area contributed by atoms with Crippen molar-refractivity contribution < 1.29 is 4.48 Å². The number of alkyl halides is 1. The molecule has 0 fully saturated rings. The first-order valence-electron chi connectivity index (χ1n) is 2.96. The summed E-state index contributed by atoms with van der Waals surface area (Å²) in [6.07, 6.45) is 4.37. The summed E-state index contributed by atoms with van der Waals surface area (Å²) in [5.41, 5.74) is 0. The van der Waals surface area contributed by atoms with Crippen LogP contribution < -0.4 is 0 Å².